The number of pyridine rings is 1. The van der Waals surface area contributed by atoms with Gasteiger partial charge in [0.05, 0.1) is 0 Å². The van der Waals surface area contributed by atoms with E-state index < -0.39 is 0 Å². The number of amidine groups is 1. The zero-order valence-corrected chi connectivity index (χ0v) is 7.20. The lowest BCUT2D eigenvalue weighted by molar-refractivity contribution is 1.00. The SMILES string of the molecule is CN=C(NN)c1cccc(C)n1. The van der Waals surface area contributed by atoms with Crippen LogP contribution >= 0.6 is 0 Å². The largest absolute Gasteiger partial charge is 0.307 e. The molecule has 0 aliphatic carbocycles. The zero-order chi connectivity index (χ0) is 8.97. The van der Waals surface area contributed by atoms with Gasteiger partial charge in [-0.2, -0.15) is 0 Å². The lowest BCUT2D eigenvalue weighted by Crippen LogP contribution is -2.31. The Morgan fingerprint density at radius 1 is 1.58 bits per heavy atom. The standard InChI is InChI=1S/C8H12N4/c1-6-4-3-5-7(11-6)8(10-2)12-9/h3-5H,9H2,1-2H3,(H,10,12). The molecule has 4 heteroatoms. The lowest BCUT2D eigenvalue weighted by Gasteiger charge is -2.03. The topological polar surface area (TPSA) is 63.3 Å². The van der Waals surface area contributed by atoms with Gasteiger partial charge in [-0.15, -0.1) is 0 Å². The highest BCUT2D eigenvalue weighted by atomic mass is 15.3. The van der Waals surface area contributed by atoms with Gasteiger partial charge in [0.2, 0.25) is 0 Å². The number of hydrogen-bond acceptors (Lipinski definition) is 3. The summed E-state index contributed by atoms with van der Waals surface area (Å²) in [5.41, 5.74) is 4.19. The van der Waals surface area contributed by atoms with E-state index in [4.69, 9.17) is 5.84 Å². The molecule has 0 saturated heterocycles. The van der Waals surface area contributed by atoms with E-state index in [-0.39, 0.29) is 0 Å². The van der Waals surface area contributed by atoms with Crippen LogP contribution in [0, 0.1) is 6.92 Å². The highest BCUT2D eigenvalue weighted by molar-refractivity contribution is 5.96. The summed E-state index contributed by atoms with van der Waals surface area (Å²) in [5, 5.41) is 0. The molecular weight excluding hydrogens is 152 g/mol. The summed E-state index contributed by atoms with van der Waals surface area (Å²) >= 11 is 0. The molecule has 0 atom stereocenters. The molecule has 0 aliphatic heterocycles. The number of nitrogens with zero attached hydrogens (tertiary/aromatic N) is 2. The molecule has 64 valence electrons. The third-order valence-electron chi connectivity index (χ3n) is 1.49. The fourth-order valence-corrected chi connectivity index (χ4v) is 0.928. The molecule has 0 aromatic carbocycles. The highest BCUT2D eigenvalue weighted by Gasteiger charge is 2.00. The van der Waals surface area contributed by atoms with Crippen LogP contribution in [0.15, 0.2) is 23.2 Å². The molecule has 0 radical (unpaired) electrons. The van der Waals surface area contributed by atoms with Crippen LogP contribution < -0.4 is 11.3 Å². The van der Waals surface area contributed by atoms with Crippen LogP contribution in [0.1, 0.15) is 11.4 Å². The fraction of sp³-hybridized carbons (Fsp3) is 0.250. The molecule has 0 saturated carbocycles. The molecule has 0 unspecified atom stereocenters. The Labute approximate surface area is 71.5 Å². The van der Waals surface area contributed by atoms with E-state index in [1.54, 1.807) is 7.05 Å². The Morgan fingerprint density at radius 3 is 2.83 bits per heavy atom. The van der Waals surface area contributed by atoms with Crippen LogP contribution in [-0.4, -0.2) is 17.9 Å². The van der Waals surface area contributed by atoms with E-state index in [1.807, 2.05) is 25.1 Å². The van der Waals surface area contributed by atoms with E-state index in [1.165, 1.54) is 0 Å². The molecule has 1 heterocycles. The number of nitrogens with one attached hydrogen (secondary N) is 1. The van der Waals surface area contributed by atoms with E-state index in [0.29, 0.717) is 5.84 Å². The second-order valence-corrected chi connectivity index (χ2v) is 2.38. The van der Waals surface area contributed by atoms with Crippen LogP contribution in [-0.2, 0) is 0 Å². The molecule has 0 amide bonds. The van der Waals surface area contributed by atoms with Crippen molar-refractivity contribution in [3.05, 3.63) is 29.6 Å². The summed E-state index contributed by atoms with van der Waals surface area (Å²) < 4.78 is 0. The molecule has 1 aromatic rings. The van der Waals surface area contributed by atoms with Gasteiger partial charge < -0.3 is 5.43 Å². The summed E-state index contributed by atoms with van der Waals surface area (Å²) in [7, 11) is 1.67. The molecular formula is C8H12N4. The van der Waals surface area contributed by atoms with E-state index in [0.717, 1.165) is 11.4 Å². The first-order valence-corrected chi connectivity index (χ1v) is 3.65. The van der Waals surface area contributed by atoms with Crippen molar-refractivity contribution in [2.45, 2.75) is 6.92 Å². The molecule has 0 fully saturated rings. The predicted molar refractivity (Wildman–Crippen MR) is 48.8 cm³/mol. The van der Waals surface area contributed by atoms with E-state index >= 15 is 0 Å². The van der Waals surface area contributed by atoms with Crippen LogP contribution in [0.2, 0.25) is 0 Å². The van der Waals surface area contributed by atoms with Gasteiger partial charge in [-0.3, -0.25) is 4.99 Å². The summed E-state index contributed by atoms with van der Waals surface area (Å²) in [4.78, 5) is 8.18. The Kier molecular flexibility index (Phi) is 2.76. The minimum Gasteiger partial charge on any atom is -0.307 e. The first kappa shape index (κ1) is 8.67. The van der Waals surface area contributed by atoms with E-state index in [9.17, 15) is 0 Å². The highest BCUT2D eigenvalue weighted by Crippen LogP contribution is 1.97. The number of hydrazine groups is 1. The molecule has 3 N–H and O–H groups in total. The maximum absolute atomic E-state index is 5.24. The summed E-state index contributed by atoms with van der Waals surface area (Å²) in [6, 6.07) is 5.70. The maximum Gasteiger partial charge on any atom is 0.161 e. The van der Waals surface area contributed by atoms with Crippen LogP contribution in [0.5, 0.6) is 0 Å². The Hall–Kier alpha value is -1.42. The van der Waals surface area contributed by atoms with Crippen molar-refractivity contribution >= 4 is 5.84 Å². The minimum atomic E-state index is 0.596. The molecule has 1 aromatic heterocycles. The number of aryl methyl sites for hydroxylation is 1. The monoisotopic (exact) mass is 164 g/mol. The second kappa shape index (κ2) is 3.82. The van der Waals surface area contributed by atoms with Crippen molar-refractivity contribution in [3.8, 4) is 0 Å². The zero-order valence-electron chi connectivity index (χ0n) is 7.20. The summed E-state index contributed by atoms with van der Waals surface area (Å²) in [5.74, 6) is 5.84. The summed E-state index contributed by atoms with van der Waals surface area (Å²) in [6.45, 7) is 1.92. The van der Waals surface area contributed by atoms with Crippen molar-refractivity contribution in [2.24, 2.45) is 10.8 Å². The average Bonchev–Trinajstić information content (AvgIpc) is 2.07. The number of nitrogens with two attached hydrogens (primary N) is 1. The first-order chi connectivity index (χ1) is 5.77. The minimum absolute atomic E-state index is 0.596. The number of rotatable bonds is 1. The van der Waals surface area contributed by atoms with Crippen molar-refractivity contribution in [1.82, 2.24) is 10.4 Å². The van der Waals surface area contributed by atoms with Gasteiger partial charge in [0, 0.05) is 12.7 Å². The van der Waals surface area contributed by atoms with Gasteiger partial charge in [-0.05, 0) is 19.1 Å². The van der Waals surface area contributed by atoms with Crippen molar-refractivity contribution in [3.63, 3.8) is 0 Å². The van der Waals surface area contributed by atoms with Crippen molar-refractivity contribution < 1.29 is 0 Å². The number of hydrogen-bond donors (Lipinski definition) is 2. The third kappa shape index (κ3) is 1.79. The molecule has 1 rings (SSSR count). The molecule has 4 nitrogen and oxygen atoms in total. The maximum atomic E-state index is 5.24. The molecule has 0 aliphatic rings. The Balaban J connectivity index is 3.02. The third-order valence-corrected chi connectivity index (χ3v) is 1.49. The van der Waals surface area contributed by atoms with Gasteiger partial charge in [0.1, 0.15) is 5.69 Å². The Bertz CT molecular complexity index is 293. The van der Waals surface area contributed by atoms with Crippen molar-refractivity contribution in [2.75, 3.05) is 7.05 Å². The predicted octanol–water partition coefficient (Wildman–Crippen LogP) is 0.230. The molecule has 12 heavy (non-hydrogen) atoms. The fourth-order valence-electron chi connectivity index (χ4n) is 0.928. The lowest BCUT2D eigenvalue weighted by atomic mass is 10.3. The van der Waals surface area contributed by atoms with Crippen LogP contribution in [0.4, 0.5) is 0 Å². The van der Waals surface area contributed by atoms with E-state index in [2.05, 4.69) is 15.4 Å². The van der Waals surface area contributed by atoms with Gasteiger partial charge >= 0.3 is 0 Å². The first-order valence-electron chi connectivity index (χ1n) is 3.65. The normalized spacial score (nSPS) is 11.4. The molecule has 0 bridgehead atoms. The van der Waals surface area contributed by atoms with Crippen LogP contribution in [0.3, 0.4) is 0 Å². The number of aliphatic imine (C=N–C) groups is 1. The summed E-state index contributed by atoms with van der Waals surface area (Å²) in [6.07, 6.45) is 0. The smallest absolute Gasteiger partial charge is 0.161 e. The van der Waals surface area contributed by atoms with Crippen molar-refractivity contribution in [1.29, 1.82) is 0 Å². The van der Waals surface area contributed by atoms with Gasteiger partial charge in [-0.1, -0.05) is 6.07 Å². The molecule has 0 spiro atoms. The van der Waals surface area contributed by atoms with Gasteiger partial charge in [0.25, 0.3) is 0 Å². The van der Waals surface area contributed by atoms with Gasteiger partial charge in [-0.25, -0.2) is 10.8 Å². The average molecular weight is 164 g/mol. The Morgan fingerprint density at radius 2 is 2.33 bits per heavy atom. The quantitative estimate of drug-likeness (QED) is 0.270. The second-order valence-electron chi connectivity index (χ2n) is 2.38. The van der Waals surface area contributed by atoms with Gasteiger partial charge in [0.15, 0.2) is 5.84 Å². The number of aromatic nitrogens is 1. The van der Waals surface area contributed by atoms with Crippen LogP contribution in [0.25, 0.3) is 0 Å².